The smallest absolute Gasteiger partial charge is 0.291 e. The van der Waals surface area contributed by atoms with Gasteiger partial charge in [-0.2, -0.15) is 0 Å². The van der Waals surface area contributed by atoms with Crippen LogP contribution in [0.15, 0.2) is 92.1 Å². The van der Waals surface area contributed by atoms with Crippen LogP contribution < -0.4 is 5.32 Å². The van der Waals surface area contributed by atoms with Crippen molar-refractivity contribution < 1.29 is 18.0 Å². The number of carbonyl (C=O) groups excluding carboxylic acids is 1. The Kier molecular flexibility index (Phi) is 4.33. The summed E-state index contributed by atoms with van der Waals surface area (Å²) >= 11 is 0. The van der Waals surface area contributed by atoms with Crippen LogP contribution in [0.2, 0.25) is 0 Å². The van der Waals surface area contributed by atoms with E-state index in [-0.39, 0.29) is 11.7 Å². The second kappa shape index (κ2) is 7.49. The van der Waals surface area contributed by atoms with Gasteiger partial charge in [-0.15, -0.1) is 10.2 Å². The molecule has 0 fully saturated rings. The second-order valence-electron chi connectivity index (χ2n) is 7.66. The van der Waals surface area contributed by atoms with Gasteiger partial charge in [-0.3, -0.25) is 4.79 Å². The molecule has 0 radical (unpaired) electrons. The highest BCUT2D eigenvalue weighted by atomic mass is 16.4. The lowest BCUT2D eigenvalue weighted by Crippen LogP contribution is -2.10. The number of hydrogen-bond acceptors (Lipinski definition) is 6. The van der Waals surface area contributed by atoms with Crippen molar-refractivity contribution in [3.05, 3.63) is 90.4 Å². The molecule has 0 saturated heterocycles. The van der Waals surface area contributed by atoms with E-state index in [1.54, 1.807) is 43.3 Å². The Bertz CT molecular complexity index is 1620. The molecule has 0 aliphatic rings. The highest BCUT2D eigenvalue weighted by molar-refractivity contribution is 6.06. The maximum absolute atomic E-state index is 12.2. The monoisotopic (exact) mass is 435 g/mol. The molecule has 7 nitrogen and oxygen atoms in total. The van der Waals surface area contributed by atoms with Gasteiger partial charge >= 0.3 is 0 Å². The predicted octanol–water partition coefficient (Wildman–Crippen LogP) is 6.46. The number of rotatable bonds is 4. The zero-order valence-electron chi connectivity index (χ0n) is 17.5. The average Bonchev–Trinajstić information content (AvgIpc) is 3.58. The number of anilines is 1. The Labute approximate surface area is 187 Å². The Morgan fingerprint density at radius 3 is 2.42 bits per heavy atom. The van der Waals surface area contributed by atoms with Crippen LogP contribution in [0.5, 0.6) is 0 Å². The van der Waals surface area contributed by atoms with Crippen LogP contribution in [0.4, 0.5) is 5.69 Å². The molecule has 1 N–H and O–H groups in total. The number of carbonyl (C=O) groups is 1. The highest BCUT2D eigenvalue weighted by Gasteiger charge is 2.16. The number of nitrogens with one attached hydrogen (secondary N) is 1. The fraction of sp³-hybridized carbons (Fsp3) is 0.0385. The minimum absolute atomic E-state index is 0.261. The summed E-state index contributed by atoms with van der Waals surface area (Å²) < 4.78 is 17.2. The minimum atomic E-state index is -0.312. The highest BCUT2D eigenvalue weighted by Crippen LogP contribution is 2.33. The molecular weight excluding hydrogens is 418 g/mol. The van der Waals surface area contributed by atoms with Crippen molar-refractivity contribution in [2.75, 3.05) is 5.32 Å². The Morgan fingerprint density at radius 1 is 0.788 bits per heavy atom. The minimum Gasteiger partial charge on any atom is -0.456 e. The second-order valence-corrected chi connectivity index (χ2v) is 7.66. The van der Waals surface area contributed by atoms with Crippen molar-refractivity contribution in [1.29, 1.82) is 0 Å². The normalized spacial score (nSPS) is 11.3. The summed E-state index contributed by atoms with van der Waals surface area (Å²) in [7, 11) is 0. The summed E-state index contributed by atoms with van der Waals surface area (Å²) in [6.07, 6.45) is 0. The summed E-state index contributed by atoms with van der Waals surface area (Å²) in [5.74, 6) is 1.80. The molecule has 160 valence electrons. The molecule has 6 rings (SSSR count). The van der Waals surface area contributed by atoms with Gasteiger partial charge in [0.2, 0.25) is 5.89 Å². The van der Waals surface area contributed by atoms with Crippen LogP contribution >= 0.6 is 0 Å². The van der Waals surface area contributed by atoms with Crippen LogP contribution in [0.25, 0.3) is 44.8 Å². The van der Waals surface area contributed by atoms with E-state index < -0.39 is 0 Å². The number of nitrogens with zero attached hydrogens (tertiary/aromatic N) is 2. The van der Waals surface area contributed by atoms with Gasteiger partial charge in [0.05, 0.1) is 0 Å². The van der Waals surface area contributed by atoms with Gasteiger partial charge in [-0.1, -0.05) is 30.3 Å². The summed E-state index contributed by atoms with van der Waals surface area (Å²) in [4.78, 5) is 12.2. The molecule has 7 heteroatoms. The molecule has 3 aromatic heterocycles. The zero-order chi connectivity index (χ0) is 22.4. The third kappa shape index (κ3) is 3.45. The van der Waals surface area contributed by atoms with Crippen LogP contribution in [-0.2, 0) is 0 Å². The molecule has 3 aromatic carbocycles. The molecule has 6 aromatic rings. The predicted molar refractivity (Wildman–Crippen MR) is 124 cm³/mol. The van der Waals surface area contributed by atoms with E-state index in [4.69, 9.17) is 13.3 Å². The number of benzene rings is 3. The number of hydrogen-bond donors (Lipinski definition) is 1. The number of amides is 1. The molecule has 0 unspecified atom stereocenters. The topological polar surface area (TPSA) is 94.3 Å². The first-order valence-corrected chi connectivity index (χ1v) is 10.4. The maximum Gasteiger partial charge on any atom is 0.291 e. The summed E-state index contributed by atoms with van der Waals surface area (Å²) in [5.41, 5.74) is 2.11. The largest absolute Gasteiger partial charge is 0.456 e. The average molecular weight is 435 g/mol. The summed E-state index contributed by atoms with van der Waals surface area (Å²) in [6, 6.07) is 24.5. The number of furan rings is 2. The van der Waals surface area contributed by atoms with Crippen molar-refractivity contribution in [2.24, 2.45) is 0 Å². The van der Waals surface area contributed by atoms with E-state index in [1.165, 1.54) is 0 Å². The van der Waals surface area contributed by atoms with E-state index in [0.29, 0.717) is 29.0 Å². The van der Waals surface area contributed by atoms with E-state index in [9.17, 15) is 4.79 Å². The molecule has 0 saturated carbocycles. The van der Waals surface area contributed by atoms with Crippen molar-refractivity contribution in [2.45, 2.75) is 6.92 Å². The first-order chi connectivity index (χ1) is 16.1. The van der Waals surface area contributed by atoms with E-state index in [2.05, 4.69) is 27.6 Å². The number of aryl methyl sites for hydroxylation is 1. The SMILES string of the molecule is Cc1ccc(C(=O)Nc2ccc(-c3nnc(-c4cc5c(ccc6ccccc65)o4)o3)cc2)o1. The molecule has 0 aliphatic heterocycles. The summed E-state index contributed by atoms with van der Waals surface area (Å²) in [5, 5.41) is 14.3. The molecule has 0 atom stereocenters. The van der Waals surface area contributed by atoms with Gasteiger partial charge in [-0.25, -0.2) is 0 Å². The van der Waals surface area contributed by atoms with Crippen molar-refractivity contribution in [1.82, 2.24) is 10.2 Å². The molecule has 0 bridgehead atoms. The van der Waals surface area contributed by atoms with Crippen LogP contribution in [0.3, 0.4) is 0 Å². The lowest BCUT2D eigenvalue weighted by molar-refractivity contribution is 0.0995. The van der Waals surface area contributed by atoms with E-state index in [1.807, 2.05) is 30.3 Å². The van der Waals surface area contributed by atoms with Crippen molar-refractivity contribution in [3.63, 3.8) is 0 Å². The molecule has 0 aliphatic carbocycles. The van der Waals surface area contributed by atoms with Crippen LogP contribution in [0, 0.1) is 6.92 Å². The zero-order valence-corrected chi connectivity index (χ0v) is 17.5. The molecule has 3 heterocycles. The molecule has 0 spiro atoms. The van der Waals surface area contributed by atoms with Gasteiger partial charge in [-0.05, 0) is 66.2 Å². The first-order valence-electron chi connectivity index (χ1n) is 10.4. The maximum atomic E-state index is 12.2. The number of aromatic nitrogens is 2. The van der Waals surface area contributed by atoms with Gasteiger partial charge in [0.1, 0.15) is 11.3 Å². The standard InChI is InChI=1S/C26H17N3O4/c1-15-6-12-22(31-15)24(30)27-18-10-7-17(8-11-18)25-28-29-26(33-25)23-14-20-19-5-3-2-4-16(19)9-13-21(20)32-23/h2-14H,1H3,(H,27,30). The Hall–Kier alpha value is -4.65. The van der Waals surface area contributed by atoms with Gasteiger partial charge in [0.15, 0.2) is 11.5 Å². The third-order valence-electron chi connectivity index (χ3n) is 5.42. The van der Waals surface area contributed by atoms with Gasteiger partial charge in [0, 0.05) is 16.6 Å². The number of fused-ring (bicyclic) bond motifs is 3. The van der Waals surface area contributed by atoms with Crippen molar-refractivity contribution in [3.8, 4) is 23.1 Å². The first kappa shape index (κ1) is 19.1. The molecule has 1 amide bonds. The Balaban J connectivity index is 1.25. The van der Waals surface area contributed by atoms with E-state index >= 15 is 0 Å². The van der Waals surface area contributed by atoms with Gasteiger partial charge < -0.3 is 18.6 Å². The lowest BCUT2D eigenvalue weighted by Gasteiger charge is -2.03. The molecular formula is C26H17N3O4. The third-order valence-corrected chi connectivity index (χ3v) is 5.42. The van der Waals surface area contributed by atoms with Crippen LogP contribution in [-0.4, -0.2) is 16.1 Å². The van der Waals surface area contributed by atoms with Gasteiger partial charge in [0.25, 0.3) is 11.8 Å². The summed E-state index contributed by atoms with van der Waals surface area (Å²) in [6.45, 7) is 1.79. The lowest BCUT2D eigenvalue weighted by atomic mass is 10.1. The Morgan fingerprint density at radius 2 is 1.61 bits per heavy atom. The fourth-order valence-corrected chi connectivity index (χ4v) is 3.78. The fourth-order valence-electron chi connectivity index (χ4n) is 3.78. The van der Waals surface area contributed by atoms with E-state index in [0.717, 1.165) is 27.3 Å². The van der Waals surface area contributed by atoms with Crippen molar-refractivity contribution >= 4 is 33.3 Å². The molecule has 33 heavy (non-hydrogen) atoms. The quantitative estimate of drug-likeness (QED) is 0.342. The van der Waals surface area contributed by atoms with Crippen LogP contribution in [0.1, 0.15) is 16.3 Å².